The zero-order chi connectivity index (χ0) is 12.3. The maximum absolute atomic E-state index is 4.25. The Bertz CT molecular complexity index is 512. The molecule has 1 unspecified atom stereocenters. The van der Waals surface area contributed by atoms with Crippen LogP contribution in [0.25, 0.3) is 15.7 Å². The van der Waals surface area contributed by atoms with Gasteiger partial charge in [0.1, 0.15) is 0 Å². The molecule has 2 aromatic rings. The smallest absolute Gasteiger partial charge is 0.0348 e. The molecule has 0 fully saturated rings. The summed E-state index contributed by atoms with van der Waals surface area (Å²) in [7, 11) is 0. The fourth-order valence-electron chi connectivity index (χ4n) is 2.12. The van der Waals surface area contributed by atoms with Crippen LogP contribution in [-0.4, -0.2) is 12.6 Å². The second-order valence-electron chi connectivity index (χ2n) is 4.22. The molecule has 2 heteroatoms. The molecule has 1 aromatic carbocycles. The second kappa shape index (κ2) is 5.48. The maximum atomic E-state index is 4.25. The molecule has 1 atom stereocenters. The Hall–Kier alpha value is -1.12. The van der Waals surface area contributed by atoms with Crippen molar-refractivity contribution in [2.45, 2.75) is 26.3 Å². The third-order valence-electron chi connectivity index (χ3n) is 3.11. The van der Waals surface area contributed by atoms with Gasteiger partial charge in [-0.3, -0.25) is 0 Å². The molecule has 0 bridgehead atoms. The number of hydrogen-bond acceptors (Lipinski definition) is 2. The predicted octanol–water partition coefficient (Wildman–Crippen LogP) is 4.30. The average molecular weight is 245 g/mol. The van der Waals surface area contributed by atoms with Crippen molar-refractivity contribution in [2.75, 3.05) is 6.54 Å². The van der Waals surface area contributed by atoms with Crippen molar-refractivity contribution in [3.63, 3.8) is 0 Å². The third kappa shape index (κ3) is 2.59. The number of rotatable bonds is 5. The highest BCUT2D eigenvalue weighted by molar-refractivity contribution is 7.17. The number of nitrogens with one attached hydrogen (secondary N) is 1. The zero-order valence-electron chi connectivity index (χ0n) is 10.5. The standard InChI is InChI=1S/C15H19NS/c1-4-14(16-5-2)11(3)13-7-6-12-8-9-17-15(12)10-13/h6-10,14,16H,3-5H2,1-2H3. The van der Waals surface area contributed by atoms with Gasteiger partial charge in [-0.15, -0.1) is 11.3 Å². The SMILES string of the molecule is C=C(c1ccc2ccsc2c1)C(CC)NCC. The molecule has 0 spiro atoms. The zero-order valence-corrected chi connectivity index (χ0v) is 11.3. The van der Waals surface area contributed by atoms with E-state index in [2.05, 4.69) is 55.4 Å². The highest BCUT2D eigenvalue weighted by Gasteiger charge is 2.11. The van der Waals surface area contributed by atoms with E-state index in [4.69, 9.17) is 0 Å². The highest BCUT2D eigenvalue weighted by Crippen LogP contribution is 2.26. The fourth-order valence-corrected chi connectivity index (χ4v) is 2.94. The van der Waals surface area contributed by atoms with Gasteiger partial charge in [-0.1, -0.05) is 32.6 Å². The van der Waals surface area contributed by atoms with Crippen LogP contribution in [-0.2, 0) is 0 Å². The first kappa shape index (κ1) is 12.3. The van der Waals surface area contributed by atoms with Gasteiger partial charge < -0.3 is 5.32 Å². The van der Waals surface area contributed by atoms with Gasteiger partial charge in [-0.2, -0.15) is 0 Å². The molecular weight excluding hydrogens is 226 g/mol. The summed E-state index contributed by atoms with van der Waals surface area (Å²) in [4.78, 5) is 0. The van der Waals surface area contributed by atoms with Crippen LogP contribution in [0.2, 0.25) is 0 Å². The summed E-state index contributed by atoms with van der Waals surface area (Å²) in [6, 6.07) is 9.16. The molecule has 0 aliphatic heterocycles. The van der Waals surface area contributed by atoms with Gasteiger partial charge >= 0.3 is 0 Å². The minimum atomic E-state index is 0.386. The molecular formula is C15H19NS. The van der Waals surface area contributed by atoms with Crippen molar-refractivity contribution < 1.29 is 0 Å². The van der Waals surface area contributed by atoms with E-state index < -0.39 is 0 Å². The quantitative estimate of drug-likeness (QED) is 0.828. The maximum Gasteiger partial charge on any atom is 0.0348 e. The molecule has 1 heterocycles. The first-order valence-electron chi connectivity index (χ1n) is 6.16. The van der Waals surface area contributed by atoms with E-state index in [1.54, 1.807) is 11.3 Å². The van der Waals surface area contributed by atoms with E-state index in [0.29, 0.717) is 6.04 Å². The number of fused-ring (bicyclic) bond motifs is 1. The van der Waals surface area contributed by atoms with Gasteiger partial charge in [0.2, 0.25) is 0 Å². The largest absolute Gasteiger partial charge is 0.310 e. The lowest BCUT2D eigenvalue weighted by atomic mass is 9.98. The summed E-state index contributed by atoms with van der Waals surface area (Å²) in [5, 5.41) is 6.94. The first-order valence-corrected chi connectivity index (χ1v) is 7.04. The molecule has 2 rings (SSSR count). The van der Waals surface area contributed by atoms with Crippen LogP contribution in [0, 0.1) is 0 Å². The van der Waals surface area contributed by atoms with Crippen LogP contribution in [0.1, 0.15) is 25.8 Å². The Balaban J connectivity index is 2.28. The van der Waals surface area contributed by atoms with Crippen LogP contribution >= 0.6 is 11.3 Å². The molecule has 0 saturated heterocycles. The van der Waals surface area contributed by atoms with Crippen molar-refractivity contribution in [3.8, 4) is 0 Å². The van der Waals surface area contributed by atoms with E-state index >= 15 is 0 Å². The van der Waals surface area contributed by atoms with Crippen molar-refractivity contribution >= 4 is 27.0 Å². The summed E-state index contributed by atoms with van der Waals surface area (Å²) >= 11 is 1.79. The lowest BCUT2D eigenvalue weighted by Gasteiger charge is -2.19. The van der Waals surface area contributed by atoms with E-state index in [9.17, 15) is 0 Å². The second-order valence-corrected chi connectivity index (χ2v) is 5.16. The summed E-state index contributed by atoms with van der Waals surface area (Å²) in [5.74, 6) is 0. The van der Waals surface area contributed by atoms with Crippen LogP contribution in [0.4, 0.5) is 0 Å². The van der Waals surface area contributed by atoms with Gasteiger partial charge in [0.05, 0.1) is 0 Å². The molecule has 90 valence electrons. The first-order chi connectivity index (χ1) is 8.26. The lowest BCUT2D eigenvalue weighted by molar-refractivity contribution is 0.613. The fraction of sp³-hybridized carbons (Fsp3) is 0.333. The van der Waals surface area contributed by atoms with Crippen LogP contribution in [0.3, 0.4) is 0 Å². The summed E-state index contributed by atoms with van der Waals surface area (Å²) < 4.78 is 1.34. The molecule has 0 aliphatic carbocycles. The Morgan fingerprint density at radius 2 is 2.18 bits per heavy atom. The van der Waals surface area contributed by atoms with Gasteiger partial charge in [0.15, 0.2) is 0 Å². The molecule has 0 aliphatic rings. The van der Waals surface area contributed by atoms with Crippen molar-refractivity contribution in [2.24, 2.45) is 0 Å². The summed E-state index contributed by atoms with van der Waals surface area (Å²) in [5.41, 5.74) is 2.46. The monoisotopic (exact) mass is 245 g/mol. The Labute approximate surface area is 107 Å². The van der Waals surface area contributed by atoms with Crippen molar-refractivity contribution in [3.05, 3.63) is 41.8 Å². The van der Waals surface area contributed by atoms with Gasteiger partial charge in [0.25, 0.3) is 0 Å². The van der Waals surface area contributed by atoms with Gasteiger partial charge in [0, 0.05) is 10.7 Å². The van der Waals surface area contributed by atoms with Crippen molar-refractivity contribution in [1.82, 2.24) is 5.32 Å². The number of thiophene rings is 1. The van der Waals surface area contributed by atoms with Crippen LogP contribution in [0.5, 0.6) is 0 Å². The Morgan fingerprint density at radius 1 is 1.35 bits per heavy atom. The molecule has 0 saturated carbocycles. The van der Waals surface area contributed by atoms with Gasteiger partial charge in [-0.25, -0.2) is 0 Å². The average Bonchev–Trinajstić information content (AvgIpc) is 2.82. The topological polar surface area (TPSA) is 12.0 Å². The van der Waals surface area contributed by atoms with E-state index in [1.165, 1.54) is 21.2 Å². The molecule has 1 aromatic heterocycles. The molecule has 0 radical (unpaired) electrons. The van der Waals surface area contributed by atoms with Crippen LogP contribution in [0.15, 0.2) is 36.2 Å². The summed E-state index contributed by atoms with van der Waals surface area (Å²) in [6.07, 6.45) is 1.08. The molecule has 17 heavy (non-hydrogen) atoms. The van der Waals surface area contributed by atoms with E-state index in [-0.39, 0.29) is 0 Å². The minimum absolute atomic E-state index is 0.386. The van der Waals surface area contributed by atoms with E-state index in [0.717, 1.165) is 13.0 Å². The normalized spacial score (nSPS) is 12.8. The lowest BCUT2D eigenvalue weighted by Crippen LogP contribution is -2.28. The molecule has 1 N–H and O–H groups in total. The number of benzene rings is 1. The van der Waals surface area contributed by atoms with E-state index in [1.807, 2.05) is 0 Å². The minimum Gasteiger partial charge on any atom is -0.310 e. The third-order valence-corrected chi connectivity index (χ3v) is 3.99. The Morgan fingerprint density at radius 3 is 2.88 bits per heavy atom. The number of hydrogen-bond donors (Lipinski definition) is 1. The van der Waals surface area contributed by atoms with Gasteiger partial charge in [-0.05, 0) is 47.0 Å². The highest BCUT2D eigenvalue weighted by atomic mass is 32.1. The Kier molecular flexibility index (Phi) is 3.97. The number of likely N-dealkylation sites (N-methyl/N-ethyl adjacent to an activating group) is 1. The summed E-state index contributed by atoms with van der Waals surface area (Å²) in [6.45, 7) is 9.57. The predicted molar refractivity (Wildman–Crippen MR) is 78.6 cm³/mol. The van der Waals surface area contributed by atoms with Crippen LogP contribution < -0.4 is 5.32 Å². The molecule has 0 amide bonds. The van der Waals surface area contributed by atoms with Crippen molar-refractivity contribution in [1.29, 1.82) is 0 Å². The molecule has 1 nitrogen and oxygen atoms in total.